The van der Waals surface area contributed by atoms with E-state index in [0.717, 1.165) is 16.8 Å². The van der Waals surface area contributed by atoms with Crippen molar-refractivity contribution >= 4 is 35.2 Å². The van der Waals surface area contributed by atoms with Gasteiger partial charge in [0.15, 0.2) is 0 Å². The van der Waals surface area contributed by atoms with Crippen molar-refractivity contribution in [2.75, 3.05) is 24.7 Å². The quantitative estimate of drug-likeness (QED) is 0.453. The van der Waals surface area contributed by atoms with Crippen LogP contribution in [-0.2, 0) is 19.1 Å². The van der Waals surface area contributed by atoms with Crippen molar-refractivity contribution in [2.45, 2.75) is 69.0 Å². The Morgan fingerprint density at radius 3 is 2.45 bits per heavy atom. The number of rotatable bonds is 5. The van der Waals surface area contributed by atoms with Gasteiger partial charge in [0.2, 0.25) is 5.91 Å². The van der Waals surface area contributed by atoms with Crippen LogP contribution in [0, 0.1) is 31.6 Å². The summed E-state index contributed by atoms with van der Waals surface area (Å²) in [4.78, 5) is 46.1. The minimum absolute atomic E-state index is 0.173. The minimum Gasteiger partial charge on any atom is -0.465 e. The van der Waals surface area contributed by atoms with Crippen LogP contribution in [0.25, 0.3) is 0 Å². The molecule has 1 aromatic rings. The predicted octanol–water partition coefficient (Wildman–Crippen LogP) is 3.80. The molecule has 2 fully saturated rings. The number of ether oxygens (including phenoxy) is 1. The lowest BCUT2D eigenvalue weighted by Crippen LogP contribution is -2.57. The van der Waals surface area contributed by atoms with Crippen molar-refractivity contribution in [3.8, 4) is 0 Å². The number of carbonyl (C=O) groups is 3. The number of esters is 1. The number of para-hydroxylation sites is 1. The van der Waals surface area contributed by atoms with Gasteiger partial charge in [-0.25, -0.2) is 0 Å². The van der Waals surface area contributed by atoms with E-state index >= 15 is 0 Å². The molecule has 2 saturated heterocycles. The first-order chi connectivity index (χ1) is 18.1. The maximum Gasteiger partial charge on any atom is 0.311 e. The van der Waals surface area contributed by atoms with Gasteiger partial charge in [0, 0.05) is 17.0 Å². The van der Waals surface area contributed by atoms with Gasteiger partial charge in [-0.1, -0.05) is 56.4 Å². The third-order valence-corrected chi connectivity index (χ3v) is 10.3. The number of aryl methyl sites for hydroxylation is 2. The number of aliphatic hydroxyl groups excluding tert-OH is 1. The maximum atomic E-state index is 14.7. The Morgan fingerprint density at radius 1 is 1.08 bits per heavy atom. The van der Waals surface area contributed by atoms with Gasteiger partial charge in [-0.2, -0.15) is 0 Å². The van der Waals surface area contributed by atoms with Crippen LogP contribution < -0.4 is 4.90 Å². The molecule has 38 heavy (non-hydrogen) atoms. The standard InChI is InChI=1S/C30H38N2O5S/c1-18(2)16-21(17-33)32-25-27(35)31(24-19(3)10-8-11-20(24)4)14-9-13-30(25)22(26(32)34)23-28(36)37-15-7-6-12-29(23,5)38-30/h6,8-13,18,21-23,25,33H,7,14-17H2,1-5H3/t21-,22+,23-,25?,29+,30+/m1/s1. The lowest BCUT2D eigenvalue weighted by atomic mass is 9.74. The minimum atomic E-state index is -0.961. The van der Waals surface area contributed by atoms with E-state index in [0.29, 0.717) is 19.4 Å². The zero-order chi connectivity index (χ0) is 27.4. The van der Waals surface area contributed by atoms with Gasteiger partial charge in [0.05, 0.1) is 35.8 Å². The summed E-state index contributed by atoms with van der Waals surface area (Å²) in [5.74, 6) is -2.10. The van der Waals surface area contributed by atoms with E-state index in [1.165, 1.54) is 11.8 Å². The largest absolute Gasteiger partial charge is 0.465 e. The molecule has 8 heteroatoms. The van der Waals surface area contributed by atoms with Gasteiger partial charge < -0.3 is 19.6 Å². The van der Waals surface area contributed by atoms with Crippen LogP contribution in [0.2, 0.25) is 0 Å². The summed E-state index contributed by atoms with van der Waals surface area (Å²) in [6.45, 7) is 10.4. The molecule has 4 aliphatic heterocycles. The van der Waals surface area contributed by atoms with Gasteiger partial charge in [0.1, 0.15) is 6.04 Å². The monoisotopic (exact) mass is 538 g/mol. The molecule has 1 aromatic carbocycles. The molecule has 0 saturated carbocycles. The van der Waals surface area contributed by atoms with Gasteiger partial charge in [-0.05, 0) is 50.7 Å². The number of anilines is 1. The molecular formula is C30H38N2O5S. The van der Waals surface area contributed by atoms with Crippen LogP contribution in [0.1, 0.15) is 44.7 Å². The molecule has 0 bridgehead atoms. The molecule has 2 amide bonds. The van der Waals surface area contributed by atoms with E-state index in [1.54, 1.807) is 9.80 Å². The van der Waals surface area contributed by atoms with Crippen molar-refractivity contribution in [1.29, 1.82) is 0 Å². The Labute approximate surface area is 229 Å². The third kappa shape index (κ3) is 4.02. The molecule has 1 unspecified atom stereocenters. The number of benzene rings is 1. The van der Waals surface area contributed by atoms with E-state index < -0.39 is 33.4 Å². The number of carbonyl (C=O) groups excluding carboxylic acids is 3. The number of amides is 2. The number of hydrogen-bond donors (Lipinski definition) is 1. The summed E-state index contributed by atoms with van der Waals surface area (Å²) in [5.41, 5.74) is 2.81. The molecule has 0 aliphatic carbocycles. The van der Waals surface area contributed by atoms with Crippen LogP contribution in [0.5, 0.6) is 0 Å². The second kappa shape index (κ2) is 9.87. The number of likely N-dealkylation sites (tertiary alicyclic amines) is 1. The number of fused-ring (bicyclic) bond motifs is 2. The van der Waals surface area contributed by atoms with E-state index in [-0.39, 0.29) is 36.9 Å². The van der Waals surface area contributed by atoms with Crippen molar-refractivity contribution in [2.24, 2.45) is 17.8 Å². The Bertz CT molecular complexity index is 1190. The molecule has 4 heterocycles. The van der Waals surface area contributed by atoms with Crippen LogP contribution in [-0.4, -0.2) is 69.1 Å². The van der Waals surface area contributed by atoms with Crippen molar-refractivity contribution in [3.05, 3.63) is 53.6 Å². The molecule has 0 radical (unpaired) electrons. The lowest BCUT2D eigenvalue weighted by Gasteiger charge is -2.40. The van der Waals surface area contributed by atoms with Gasteiger partial charge >= 0.3 is 5.97 Å². The number of nitrogens with zero attached hydrogens (tertiary/aromatic N) is 2. The van der Waals surface area contributed by atoms with Gasteiger partial charge in [-0.3, -0.25) is 14.4 Å². The average Bonchev–Trinajstić information content (AvgIpc) is 3.17. The van der Waals surface area contributed by atoms with Crippen molar-refractivity contribution in [3.63, 3.8) is 0 Å². The van der Waals surface area contributed by atoms with E-state index in [1.807, 2.05) is 77.1 Å². The highest BCUT2D eigenvalue weighted by atomic mass is 32.2. The van der Waals surface area contributed by atoms with Crippen LogP contribution in [0.3, 0.4) is 0 Å². The molecule has 1 N–H and O–H groups in total. The number of cyclic esters (lactones) is 1. The fraction of sp³-hybridized carbons (Fsp3) is 0.567. The topological polar surface area (TPSA) is 87.2 Å². The van der Waals surface area contributed by atoms with Crippen LogP contribution >= 0.6 is 11.8 Å². The number of hydrogen-bond acceptors (Lipinski definition) is 6. The zero-order valence-electron chi connectivity index (χ0n) is 22.8. The second-order valence-corrected chi connectivity index (χ2v) is 13.4. The molecule has 4 aliphatic rings. The summed E-state index contributed by atoms with van der Waals surface area (Å²) in [6, 6.07) is 4.57. The molecule has 204 valence electrons. The van der Waals surface area contributed by atoms with E-state index in [2.05, 4.69) is 0 Å². The molecule has 0 aromatic heterocycles. The number of aliphatic hydroxyl groups is 1. The van der Waals surface area contributed by atoms with E-state index in [4.69, 9.17) is 4.74 Å². The Hall–Kier alpha value is -2.58. The van der Waals surface area contributed by atoms with Gasteiger partial charge in [-0.15, -0.1) is 11.8 Å². The second-order valence-electron chi connectivity index (χ2n) is 11.7. The Kier molecular flexibility index (Phi) is 7.01. The fourth-order valence-corrected chi connectivity index (χ4v) is 9.21. The first kappa shape index (κ1) is 27.0. The lowest BCUT2D eigenvalue weighted by molar-refractivity contribution is -0.154. The Balaban J connectivity index is 1.70. The Morgan fingerprint density at radius 2 is 1.79 bits per heavy atom. The van der Waals surface area contributed by atoms with Crippen molar-refractivity contribution in [1.82, 2.24) is 4.90 Å². The highest BCUT2D eigenvalue weighted by Crippen LogP contribution is 2.65. The maximum absolute atomic E-state index is 14.7. The first-order valence-corrected chi connectivity index (χ1v) is 14.4. The summed E-state index contributed by atoms with van der Waals surface area (Å²) in [7, 11) is 0. The number of thioether (sulfide) groups is 1. The molecular weight excluding hydrogens is 500 g/mol. The summed E-state index contributed by atoms with van der Waals surface area (Å²) in [5, 5.41) is 10.5. The highest BCUT2D eigenvalue weighted by Gasteiger charge is 2.74. The highest BCUT2D eigenvalue weighted by molar-refractivity contribution is 8.02. The first-order valence-electron chi connectivity index (χ1n) is 13.6. The van der Waals surface area contributed by atoms with E-state index in [9.17, 15) is 19.5 Å². The smallest absolute Gasteiger partial charge is 0.311 e. The predicted molar refractivity (Wildman–Crippen MR) is 149 cm³/mol. The van der Waals surface area contributed by atoms with Gasteiger partial charge in [0.25, 0.3) is 5.91 Å². The summed E-state index contributed by atoms with van der Waals surface area (Å²) in [6.07, 6.45) is 9.22. The van der Waals surface area contributed by atoms with Crippen LogP contribution in [0.15, 0.2) is 42.5 Å². The zero-order valence-corrected chi connectivity index (χ0v) is 23.7. The summed E-state index contributed by atoms with van der Waals surface area (Å²) < 4.78 is 3.96. The molecule has 7 nitrogen and oxygen atoms in total. The fourth-order valence-electron chi connectivity index (χ4n) is 7.07. The third-order valence-electron chi connectivity index (χ3n) is 8.51. The molecule has 1 spiro atoms. The molecule has 5 rings (SSSR count). The SMILES string of the molecule is Cc1cccc(C)c1N1CC=C[C@]23S[C@@]4(C)C=CCCOC(=O)[C@H]4[C@H]2C(=O)N([C@@H](CO)CC(C)C)C3C1=O. The van der Waals surface area contributed by atoms with Crippen LogP contribution in [0.4, 0.5) is 5.69 Å². The summed E-state index contributed by atoms with van der Waals surface area (Å²) >= 11 is 1.54. The average molecular weight is 539 g/mol. The normalized spacial score (nSPS) is 33.4. The molecule has 6 atom stereocenters. The van der Waals surface area contributed by atoms with Crippen molar-refractivity contribution < 1.29 is 24.2 Å².